The molecule has 0 aromatic heterocycles. The first-order valence-electron chi connectivity index (χ1n) is 7.94. The van der Waals surface area contributed by atoms with Gasteiger partial charge in [0.1, 0.15) is 22.4 Å². The van der Waals surface area contributed by atoms with Gasteiger partial charge in [-0.25, -0.2) is 13.8 Å². The van der Waals surface area contributed by atoms with Gasteiger partial charge in [-0.05, 0) is 35.4 Å². The van der Waals surface area contributed by atoms with E-state index in [1.54, 1.807) is 12.1 Å². The van der Waals surface area contributed by atoms with E-state index in [-0.39, 0.29) is 16.5 Å². The van der Waals surface area contributed by atoms with Crippen LogP contribution in [0.3, 0.4) is 0 Å². The molecule has 0 radical (unpaired) electrons. The number of thioether (sulfide) groups is 1. The van der Waals surface area contributed by atoms with Gasteiger partial charge in [-0.3, -0.25) is 4.79 Å². The average molecular weight is 392 g/mol. The van der Waals surface area contributed by atoms with Gasteiger partial charge in [0, 0.05) is 24.5 Å². The third-order valence-corrected chi connectivity index (χ3v) is 7.29. The summed E-state index contributed by atoms with van der Waals surface area (Å²) in [6.45, 7) is 1.38. The zero-order valence-corrected chi connectivity index (χ0v) is 15.4. The number of nitrogens with zero attached hydrogens (tertiary/aromatic N) is 2. The molecular weight excluding hydrogens is 378 g/mol. The monoisotopic (exact) mass is 392 g/mol. The summed E-state index contributed by atoms with van der Waals surface area (Å²) in [4.78, 5) is 12.0. The van der Waals surface area contributed by atoms with Gasteiger partial charge in [0.2, 0.25) is 5.91 Å². The van der Waals surface area contributed by atoms with Crippen molar-refractivity contribution in [2.45, 2.75) is 23.1 Å². The number of hydrogen-bond acceptors (Lipinski definition) is 4. The lowest BCUT2D eigenvalue weighted by Crippen LogP contribution is -2.45. The number of hydrogen-bond donors (Lipinski definition) is 0. The number of carbonyl (C=O) groups is 1. The van der Waals surface area contributed by atoms with Crippen molar-refractivity contribution in [1.29, 1.82) is 0 Å². The highest BCUT2D eigenvalue weighted by Gasteiger charge is 2.53. The lowest BCUT2D eigenvalue weighted by molar-refractivity contribution is -0.132. The van der Waals surface area contributed by atoms with E-state index in [1.165, 1.54) is 23.7 Å². The molecule has 8 heteroatoms. The van der Waals surface area contributed by atoms with Crippen molar-refractivity contribution in [3.05, 3.63) is 65.2 Å². The highest BCUT2D eigenvalue weighted by Crippen LogP contribution is 2.54. The number of hydrazone groups is 1. The summed E-state index contributed by atoms with van der Waals surface area (Å²) in [5.74, 6) is -1.13. The maximum atomic E-state index is 14.3. The summed E-state index contributed by atoms with van der Waals surface area (Å²) in [6, 6.07) is 10.3. The van der Waals surface area contributed by atoms with Crippen LogP contribution in [0.2, 0.25) is 0 Å². The highest BCUT2D eigenvalue weighted by molar-refractivity contribution is 8.15. The molecule has 0 N–H and O–H groups in total. The van der Waals surface area contributed by atoms with Gasteiger partial charge in [0.15, 0.2) is 9.77 Å². The van der Waals surface area contributed by atoms with Crippen molar-refractivity contribution >= 4 is 33.9 Å². The Bertz CT molecular complexity index is 937. The van der Waals surface area contributed by atoms with Crippen LogP contribution in [0.25, 0.3) is 0 Å². The van der Waals surface area contributed by atoms with Gasteiger partial charge in [-0.2, -0.15) is 5.10 Å². The fourth-order valence-corrected chi connectivity index (χ4v) is 6.34. The fraction of sp³-hybridized carbons (Fsp3) is 0.222. The Kier molecular flexibility index (Phi) is 4.29. The second-order valence-corrected chi connectivity index (χ2v) is 8.85. The molecule has 0 saturated carbocycles. The van der Waals surface area contributed by atoms with E-state index in [2.05, 4.69) is 5.10 Å². The summed E-state index contributed by atoms with van der Waals surface area (Å²) in [7, 11) is 0. The third kappa shape index (κ3) is 2.64. The Hall–Kier alpha value is -1.90. The lowest BCUT2D eigenvalue weighted by Gasteiger charge is -2.39. The zero-order valence-electron chi connectivity index (χ0n) is 13.7. The molecule has 2 unspecified atom stereocenters. The topological polar surface area (TPSA) is 55.7 Å². The van der Waals surface area contributed by atoms with Crippen molar-refractivity contribution in [2.75, 3.05) is 5.75 Å². The van der Waals surface area contributed by atoms with Crippen LogP contribution in [-0.4, -0.2) is 26.3 Å². The van der Waals surface area contributed by atoms with Gasteiger partial charge in [-0.1, -0.05) is 30.0 Å². The number of halogens is 2. The minimum atomic E-state index is -1.17. The molecule has 2 atom stereocenters. The fourth-order valence-electron chi connectivity index (χ4n) is 3.28. The van der Waals surface area contributed by atoms with E-state index in [4.69, 9.17) is 0 Å². The minimum absolute atomic E-state index is 0.0160. The normalized spacial score (nSPS) is 24.5. The predicted molar refractivity (Wildman–Crippen MR) is 97.0 cm³/mol. The number of amides is 1. The summed E-state index contributed by atoms with van der Waals surface area (Å²) in [6.07, 6.45) is 0.408. The molecule has 2 aliphatic heterocycles. The molecule has 2 aliphatic rings. The molecular formula is C18H14F2N2O2S2. The first kappa shape index (κ1) is 17.5. The van der Waals surface area contributed by atoms with Crippen LogP contribution in [0.15, 0.2) is 52.5 Å². The maximum absolute atomic E-state index is 14.3. The smallest absolute Gasteiger partial charge is 0.241 e. The second-order valence-electron chi connectivity index (χ2n) is 6.04. The summed E-state index contributed by atoms with van der Waals surface area (Å²) in [5, 5.41) is 5.87. The molecule has 2 aromatic rings. The van der Waals surface area contributed by atoms with Crippen LogP contribution in [0.4, 0.5) is 8.78 Å². The van der Waals surface area contributed by atoms with E-state index in [1.807, 2.05) is 12.1 Å². The molecule has 0 aliphatic carbocycles. The van der Waals surface area contributed by atoms with Gasteiger partial charge in [0.05, 0.1) is 0 Å². The lowest BCUT2D eigenvalue weighted by atomic mass is 10.0. The Morgan fingerprint density at radius 2 is 2.08 bits per heavy atom. The molecule has 0 bridgehead atoms. The number of carbonyl (C=O) groups excluding carboxylic acids is 1. The highest BCUT2D eigenvalue weighted by atomic mass is 32.2. The molecule has 1 amide bonds. The molecule has 0 fully saturated rings. The second kappa shape index (κ2) is 6.37. The molecule has 2 aromatic carbocycles. The van der Waals surface area contributed by atoms with E-state index in [9.17, 15) is 18.1 Å². The molecule has 0 saturated heterocycles. The van der Waals surface area contributed by atoms with Gasteiger partial charge >= 0.3 is 0 Å². The van der Waals surface area contributed by atoms with Gasteiger partial charge in [0.25, 0.3) is 0 Å². The van der Waals surface area contributed by atoms with Crippen LogP contribution < -0.4 is 0 Å². The first-order valence-corrected chi connectivity index (χ1v) is 10.1. The summed E-state index contributed by atoms with van der Waals surface area (Å²) < 4.78 is 40.3. The molecule has 134 valence electrons. The molecule has 2 heterocycles. The van der Waals surface area contributed by atoms with Crippen molar-refractivity contribution in [2.24, 2.45) is 5.10 Å². The molecule has 4 rings (SSSR count). The molecule has 4 nitrogen and oxygen atoms in total. The van der Waals surface area contributed by atoms with E-state index >= 15 is 0 Å². The quantitative estimate of drug-likeness (QED) is 0.697. The van der Waals surface area contributed by atoms with Crippen molar-refractivity contribution in [1.82, 2.24) is 5.01 Å². The Morgan fingerprint density at radius 3 is 2.85 bits per heavy atom. The Balaban J connectivity index is 1.86. The minimum Gasteiger partial charge on any atom is -0.611 e. The number of fused-ring (bicyclic) bond motifs is 2. The first-order chi connectivity index (χ1) is 12.4. The van der Waals surface area contributed by atoms with E-state index in [0.29, 0.717) is 17.1 Å². The number of rotatable bonds is 1. The van der Waals surface area contributed by atoms with Crippen LogP contribution in [0, 0.1) is 11.6 Å². The van der Waals surface area contributed by atoms with E-state index in [0.717, 1.165) is 23.8 Å². The maximum Gasteiger partial charge on any atom is 0.241 e. The Labute approximate surface area is 156 Å². The van der Waals surface area contributed by atoms with Crippen LogP contribution in [0.5, 0.6) is 0 Å². The summed E-state index contributed by atoms with van der Waals surface area (Å²) in [5.41, 5.74) is 0.739. The molecule has 1 spiro atoms. The van der Waals surface area contributed by atoms with Gasteiger partial charge in [-0.15, -0.1) is 0 Å². The van der Waals surface area contributed by atoms with Crippen molar-refractivity contribution < 1.29 is 18.1 Å². The van der Waals surface area contributed by atoms with Crippen LogP contribution >= 0.6 is 11.8 Å². The summed E-state index contributed by atoms with van der Waals surface area (Å²) >= 11 is 0.0396. The predicted octanol–water partition coefficient (Wildman–Crippen LogP) is 3.59. The Morgan fingerprint density at radius 1 is 1.31 bits per heavy atom. The van der Waals surface area contributed by atoms with Crippen molar-refractivity contribution in [3.63, 3.8) is 0 Å². The zero-order chi connectivity index (χ0) is 18.5. The largest absolute Gasteiger partial charge is 0.611 e. The number of benzene rings is 2. The SMILES string of the molecule is CC(=O)N1N=C(c2cc(F)ccc2F)SC12CC[S+]([O-])c1ccccc12. The van der Waals surface area contributed by atoms with Crippen LogP contribution in [0.1, 0.15) is 24.5 Å². The molecule has 26 heavy (non-hydrogen) atoms. The van der Waals surface area contributed by atoms with Gasteiger partial charge < -0.3 is 4.55 Å². The van der Waals surface area contributed by atoms with Crippen molar-refractivity contribution in [3.8, 4) is 0 Å². The third-order valence-electron chi connectivity index (χ3n) is 4.44. The standard InChI is InChI=1S/C18H14F2N2O2S2/c1-11(23)22-18(8-9-26(24)16-5-3-2-4-14(16)18)25-17(21-22)13-10-12(19)6-7-15(13)20/h2-7,10H,8-9H2,1H3. The van der Waals surface area contributed by atoms with Crippen LogP contribution in [-0.2, 0) is 20.8 Å². The average Bonchev–Trinajstić information content (AvgIpc) is 3.01. The van der Waals surface area contributed by atoms with E-state index < -0.39 is 27.7 Å².